The summed E-state index contributed by atoms with van der Waals surface area (Å²) in [6.45, 7) is 6.96. The van der Waals surface area contributed by atoms with E-state index in [4.69, 9.17) is 21.4 Å². The smallest absolute Gasteiger partial charge is 0.356 e. The number of carboxylic acid groups (broad SMARTS) is 1. The van der Waals surface area contributed by atoms with Crippen LogP contribution >= 0.6 is 11.6 Å². The molecule has 1 aromatic carbocycles. The molecule has 2 aromatic rings. The first-order valence-electron chi connectivity index (χ1n) is 10.9. The molecule has 170 valence electrons. The maximum absolute atomic E-state index is 12.6. The number of carboxylic acids is 1. The fourth-order valence-electron chi connectivity index (χ4n) is 4.94. The minimum atomic E-state index is -1.15. The van der Waals surface area contributed by atoms with Gasteiger partial charge in [0.05, 0.1) is 23.9 Å². The van der Waals surface area contributed by atoms with Gasteiger partial charge in [-0.15, -0.1) is 0 Å². The highest BCUT2D eigenvalue weighted by molar-refractivity contribution is 6.33. The molecule has 3 saturated heterocycles. The molecule has 0 spiro atoms. The van der Waals surface area contributed by atoms with Crippen molar-refractivity contribution < 1.29 is 19.4 Å². The van der Waals surface area contributed by atoms with Crippen LogP contribution in [0.25, 0.3) is 0 Å². The molecule has 3 fully saturated rings. The number of benzene rings is 1. The van der Waals surface area contributed by atoms with Gasteiger partial charge < -0.3 is 19.6 Å². The predicted molar refractivity (Wildman–Crippen MR) is 118 cm³/mol. The zero-order valence-electron chi connectivity index (χ0n) is 17.7. The molecule has 9 nitrogen and oxygen atoms in total. The molecule has 0 bridgehead atoms. The molecule has 1 N–H and O–H groups in total. The number of hydrogen-bond acceptors (Lipinski definition) is 6. The Morgan fingerprint density at radius 1 is 1.09 bits per heavy atom. The largest absolute Gasteiger partial charge is 0.476 e. The SMILES string of the molecule is O=C(O)c1ccn(C(=O)N2CCN(Cc3cccc(Cl)c3N3CC4COCC4C3)CC2)n1. The van der Waals surface area contributed by atoms with Gasteiger partial charge in [-0.1, -0.05) is 23.7 Å². The summed E-state index contributed by atoms with van der Waals surface area (Å²) in [6.07, 6.45) is 1.40. The van der Waals surface area contributed by atoms with Gasteiger partial charge in [-0.3, -0.25) is 4.90 Å². The lowest BCUT2D eigenvalue weighted by Gasteiger charge is -2.35. The van der Waals surface area contributed by atoms with Crippen molar-refractivity contribution in [2.24, 2.45) is 11.8 Å². The molecule has 4 heterocycles. The maximum Gasteiger partial charge on any atom is 0.356 e. The lowest BCUT2D eigenvalue weighted by atomic mass is 10.0. The minimum absolute atomic E-state index is 0.136. The van der Waals surface area contributed by atoms with Crippen molar-refractivity contribution in [3.63, 3.8) is 0 Å². The Balaban J connectivity index is 1.22. The number of fused-ring (bicyclic) bond motifs is 1. The number of anilines is 1. The van der Waals surface area contributed by atoms with Gasteiger partial charge in [-0.2, -0.15) is 9.78 Å². The average Bonchev–Trinajstić information content (AvgIpc) is 3.50. The standard InChI is InChI=1S/C22H26ClN5O4/c23-18-3-1-2-15(20(18)27-11-16-13-32-14-17(16)12-27)10-25-6-8-26(9-7-25)22(31)28-5-4-19(24-28)21(29)30/h1-5,16-17H,6-14H2,(H,29,30). The van der Waals surface area contributed by atoms with Gasteiger partial charge in [-0.25, -0.2) is 9.59 Å². The molecule has 0 radical (unpaired) electrons. The number of carbonyl (C=O) groups is 2. The zero-order chi connectivity index (χ0) is 22.2. The van der Waals surface area contributed by atoms with Crippen LogP contribution in [0.5, 0.6) is 0 Å². The minimum Gasteiger partial charge on any atom is -0.476 e. The second-order valence-corrected chi connectivity index (χ2v) is 9.11. The van der Waals surface area contributed by atoms with E-state index in [9.17, 15) is 9.59 Å². The van der Waals surface area contributed by atoms with Gasteiger partial charge in [-0.05, 0) is 17.7 Å². The number of ether oxygens (including phenoxy) is 1. The van der Waals surface area contributed by atoms with E-state index in [0.717, 1.165) is 61.3 Å². The normalized spacial score (nSPS) is 23.5. The second kappa shape index (κ2) is 8.73. The molecular weight excluding hydrogens is 434 g/mol. The van der Waals surface area contributed by atoms with Crippen molar-refractivity contribution in [1.29, 1.82) is 0 Å². The summed E-state index contributed by atoms with van der Waals surface area (Å²) in [7, 11) is 0. The highest BCUT2D eigenvalue weighted by atomic mass is 35.5. The summed E-state index contributed by atoms with van der Waals surface area (Å²) in [5.41, 5.74) is 2.19. The molecule has 0 aliphatic carbocycles. The number of nitrogens with zero attached hydrogens (tertiary/aromatic N) is 5. The fourth-order valence-corrected chi connectivity index (χ4v) is 5.25. The van der Waals surface area contributed by atoms with Crippen LogP contribution in [0.1, 0.15) is 16.1 Å². The Bertz CT molecular complexity index is 1010. The molecule has 5 rings (SSSR count). The quantitative estimate of drug-likeness (QED) is 0.748. The highest BCUT2D eigenvalue weighted by Gasteiger charge is 2.38. The highest BCUT2D eigenvalue weighted by Crippen LogP contribution is 2.38. The summed E-state index contributed by atoms with van der Waals surface area (Å²) >= 11 is 6.64. The van der Waals surface area contributed by atoms with Gasteiger partial charge in [0, 0.05) is 63.8 Å². The Morgan fingerprint density at radius 3 is 2.47 bits per heavy atom. The first kappa shape index (κ1) is 21.2. The molecule has 1 amide bonds. The van der Waals surface area contributed by atoms with Gasteiger partial charge in [0.2, 0.25) is 0 Å². The summed E-state index contributed by atoms with van der Waals surface area (Å²) in [5.74, 6) is 0.0168. The Labute approximate surface area is 191 Å². The van der Waals surface area contributed by atoms with Crippen LogP contribution < -0.4 is 4.90 Å². The molecular formula is C22H26ClN5O4. The summed E-state index contributed by atoms with van der Waals surface area (Å²) < 4.78 is 6.72. The van der Waals surface area contributed by atoms with E-state index in [1.807, 2.05) is 12.1 Å². The fraction of sp³-hybridized carbons (Fsp3) is 0.500. The van der Waals surface area contributed by atoms with Gasteiger partial charge in [0.1, 0.15) is 0 Å². The predicted octanol–water partition coefficient (Wildman–Crippen LogP) is 2.10. The maximum atomic E-state index is 12.6. The van der Waals surface area contributed by atoms with Gasteiger partial charge >= 0.3 is 12.0 Å². The van der Waals surface area contributed by atoms with Crippen molar-refractivity contribution in [2.75, 3.05) is 57.4 Å². The molecule has 3 aliphatic heterocycles. The van der Waals surface area contributed by atoms with E-state index >= 15 is 0 Å². The number of carbonyl (C=O) groups excluding carboxylic acids is 1. The Kier molecular flexibility index (Phi) is 5.79. The van der Waals surface area contributed by atoms with Crippen LogP contribution in [0.3, 0.4) is 0 Å². The van der Waals surface area contributed by atoms with Crippen LogP contribution in [0.4, 0.5) is 10.5 Å². The number of para-hydroxylation sites is 1. The van der Waals surface area contributed by atoms with E-state index in [1.165, 1.54) is 17.8 Å². The third kappa shape index (κ3) is 4.07. The van der Waals surface area contributed by atoms with E-state index in [-0.39, 0.29) is 11.7 Å². The number of aromatic nitrogens is 2. The molecule has 10 heteroatoms. The molecule has 2 unspecified atom stereocenters. The molecule has 0 saturated carbocycles. The zero-order valence-corrected chi connectivity index (χ0v) is 18.4. The van der Waals surface area contributed by atoms with Crippen molar-refractivity contribution in [1.82, 2.24) is 19.6 Å². The van der Waals surface area contributed by atoms with Crippen molar-refractivity contribution >= 4 is 29.3 Å². The monoisotopic (exact) mass is 459 g/mol. The van der Waals surface area contributed by atoms with Crippen molar-refractivity contribution in [3.8, 4) is 0 Å². The summed E-state index contributed by atoms with van der Waals surface area (Å²) in [4.78, 5) is 30.1. The lowest BCUT2D eigenvalue weighted by molar-refractivity contribution is 0.0689. The second-order valence-electron chi connectivity index (χ2n) is 8.71. The first-order chi connectivity index (χ1) is 15.5. The molecule has 1 aromatic heterocycles. The number of aromatic carboxylic acids is 1. The molecule has 32 heavy (non-hydrogen) atoms. The van der Waals surface area contributed by atoms with Gasteiger partial charge in [0.15, 0.2) is 5.69 Å². The topological polar surface area (TPSA) is 91.1 Å². The summed E-state index contributed by atoms with van der Waals surface area (Å²) in [6, 6.07) is 7.12. The first-order valence-corrected chi connectivity index (χ1v) is 11.3. The third-order valence-electron chi connectivity index (χ3n) is 6.67. The third-order valence-corrected chi connectivity index (χ3v) is 6.97. The van der Waals surface area contributed by atoms with Crippen LogP contribution in [0.15, 0.2) is 30.5 Å². The van der Waals surface area contributed by atoms with E-state index in [1.54, 1.807) is 4.90 Å². The van der Waals surface area contributed by atoms with E-state index in [2.05, 4.69) is 21.0 Å². The van der Waals surface area contributed by atoms with Crippen molar-refractivity contribution in [3.05, 3.63) is 46.7 Å². The molecule has 3 aliphatic rings. The number of hydrogen-bond donors (Lipinski definition) is 1. The number of amides is 1. The Morgan fingerprint density at radius 2 is 1.81 bits per heavy atom. The average molecular weight is 460 g/mol. The number of halogens is 1. The lowest BCUT2D eigenvalue weighted by Crippen LogP contribution is -2.49. The van der Waals surface area contributed by atoms with E-state index < -0.39 is 5.97 Å². The summed E-state index contributed by atoms with van der Waals surface area (Å²) in [5, 5.41) is 13.6. The molecule has 2 atom stereocenters. The van der Waals surface area contributed by atoms with E-state index in [0.29, 0.717) is 24.9 Å². The Hall–Kier alpha value is -2.62. The van der Waals surface area contributed by atoms with Crippen molar-refractivity contribution in [2.45, 2.75) is 6.54 Å². The van der Waals surface area contributed by atoms with Crippen LogP contribution in [-0.4, -0.2) is 89.2 Å². The van der Waals surface area contributed by atoms with Gasteiger partial charge in [0.25, 0.3) is 0 Å². The number of piperazine rings is 1. The van der Waals surface area contributed by atoms with Crippen LogP contribution in [0, 0.1) is 11.8 Å². The van der Waals surface area contributed by atoms with Crippen LogP contribution in [0.2, 0.25) is 5.02 Å². The van der Waals surface area contributed by atoms with Crippen LogP contribution in [-0.2, 0) is 11.3 Å². The number of rotatable bonds is 4.